The minimum Gasteiger partial charge on any atom is -0.478 e. The maximum absolute atomic E-state index is 12.2. The normalized spacial score (nSPS) is 12.6. The number of halogens is 1. The summed E-state index contributed by atoms with van der Waals surface area (Å²) >= 11 is 5.73. The van der Waals surface area contributed by atoms with E-state index in [9.17, 15) is 21.6 Å². The van der Waals surface area contributed by atoms with Crippen molar-refractivity contribution < 1.29 is 26.7 Å². The van der Waals surface area contributed by atoms with Crippen molar-refractivity contribution in [3.8, 4) is 0 Å². The van der Waals surface area contributed by atoms with Gasteiger partial charge in [-0.05, 0) is 18.2 Å². The highest BCUT2D eigenvalue weighted by molar-refractivity contribution is 7.91. The van der Waals surface area contributed by atoms with Crippen molar-refractivity contribution in [1.82, 2.24) is 4.31 Å². The predicted molar refractivity (Wildman–Crippen MR) is 77.9 cm³/mol. The fraction of sp³-hybridized carbons (Fsp3) is 0.364. The van der Waals surface area contributed by atoms with E-state index in [2.05, 4.69) is 0 Å². The number of carboxylic acid groups (broad SMARTS) is 1. The average molecular weight is 356 g/mol. The first-order chi connectivity index (χ1) is 9.45. The number of aromatic carboxylic acids is 1. The second kappa shape index (κ2) is 6.30. The SMILES string of the molecule is CN(CCS(C)(=O)=O)S(=O)(=O)c1ccc(C(=O)O)c(Cl)c1. The number of hydrogen-bond acceptors (Lipinski definition) is 5. The van der Waals surface area contributed by atoms with E-state index in [0.717, 1.165) is 28.8 Å². The van der Waals surface area contributed by atoms with Gasteiger partial charge in [0.05, 0.1) is 21.2 Å². The molecule has 0 aliphatic carbocycles. The van der Waals surface area contributed by atoms with Crippen LogP contribution in [0.3, 0.4) is 0 Å². The van der Waals surface area contributed by atoms with Crippen LogP contribution in [0.15, 0.2) is 23.1 Å². The molecule has 0 fully saturated rings. The zero-order chi connectivity index (χ0) is 16.4. The summed E-state index contributed by atoms with van der Waals surface area (Å²) in [7, 11) is -6.00. The number of carbonyl (C=O) groups is 1. The standard InChI is InChI=1S/C11H14ClNO6S2/c1-13(5-6-20(2,16)17)21(18,19)8-3-4-9(11(14)15)10(12)7-8/h3-4,7H,5-6H2,1-2H3,(H,14,15). The summed E-state index contributed by atoms with van der Waals surface area (Å²) in [4.78, 5) is 10.6. The van der Waals surface area contributed by atoms with Gasteiger partial charge in [-0.15, -0.1) is 0 Å². The molecule has 0 radical (unpaired) electrons. The van der Waals surface area contributed by atoms with E-state index in [0.29, 0.717) is 0 Å². The second-order valence-electron chi connectivity index (χ2n) is 4.40. The van der Waals surface area contributed by atoms with Crippen molar-refractivity contribution in [2.24, 2.45) is 0 Å². The average Bonchev–Trinajstić information content (AvgIpc) is 2.34. The molecule has 0 aromatic heterocycles. The lowest BCUT2D eigenvalue weighted by atomic mass is 10.2. The van der Waals surface area contributed by atoms with Gasteiger partial charge >= 0.3 is 5.97 Å². The number of rotatable bonds is 6. The van der Waals surface area contributed by atoms with Crippen molar-refractivity contribution in [1.29, 1.82) is 0 Å². The van der Waals surface area contributed by atoms with Gasteiger partial charge in [0.1, 0.15) is 9.84 Å². The van der Waals surface area contributed by atoms with E-state index in [-0.39, 0.29) is 27.8 Å². The van der Waals surface area contributed by atoms with Crippen LogP contribution in [0.5, 0.6) is 0 Å². The van der Waals surface area contributed by atoms with Crippen LogP contribution in [-0.4, -0.2) is 57.8 Å². The Labute approximate surface area is 128 Å². The van der Waals surface area contributed by atoms with Crippen LogP contribution < -0.4 is 0 Å². The molecule has 0 spiro atoms. The first-order valence-corrected chi connectivity index (χ1v) is 9.50. The zero-order valence-corrected chi connectivity index (χ0v) is 13.7. The minimum absolute atomic E-state index is 0.200. The van der Waals surface area contributed by atoms with E-state index in [4.69, 9.17) is 16.7 Å². The molecule has 1 N–H and O–H groups in total. The third kappa shape index (κ3) is 4.67. The van der Waals surface area contributed by atoms with Crippen LogP contribution in [0.4, 0.5) is 0 Å². The Morgan fingerprint density at radius 3 is 2.29 bits per heavy atom. The predicted octanol–water partition coefficient (Wildman–Crippen LogP) is 0.703. The van der Waals surface area contributed by atoms with Crippen molar-refractivity contribution in [3.63, 3.8) is 0 Å². The highest BCUT2D eigenvalue weighted by Gasteiger charge is 2.23. The van der Waals surface area contributed by atoms with Gasteiger partial charge in [-0.2, -0.15) is 4.31 Å². The number of sulfonamides is 1. The summed E-state index contributed by atoms with van der Waals surface area (Å²) in [6.07, 6.45) is 1.01. The number of hydrogen-bond donors (Lipinski definition) is 1. The molecule has 0 saturated carbocycles. The molecule has 7 nitrogen and oxygen atoms in total. The summed E-state index contributed by atoms with van der Waals surface area (Å²) in [5, 5.41) is 8.62. The van der Waals surface area contributed by atoms with Crippen molar-refractivity contribution in [3.05, 3.63) is 28.8 Å². The topological polar surface area (TPSA) is 109 Å². The van der Waals surface area contributed by atoms with Crippen LogP contribution in [0.2, 0.25) is 5.02 Å². The molecule has 0 amide bonds. The van der Waals surface area contributed by atoms with E-state index in [1.165, 1.54) is 7.05 Å². The maximum Gasteiger partial charge on any atom is 0.337 e. The smallest absolute Gasteiger partial charge is 0.337 e. The summed E-state index contributed by atoms with van der Waals surface area (Å²) in [5.41, 5.74) is -0.214. The van der Waals surface area contributed by atoms with E-state index < -0.39 is 25.8 Å². The lowest BCUT2D eigenvalue weighted by molar-refractivity contribution is 0.0697. The third-order valence-corrected chi connectivity index (χ3v) is 5.75. The van der Waals surface area contributed by atoms with E-state index in [1.54, 1.807) is 0 Å². The molecule has 0 aliphatic heterocycles. The van der Waals surface area contributed by atoms with Gasteiger partial charge in [0.15, 0.2) is 0 Å². The van der Waals surface area contributed by atoms with Crippen LogP contribution in [0, 0.1) is 0 Å². The first kappa shape index (κ1) is 17.9. The summed E-state index contributed by atoms with van der Waals surface area (Å²) in [6, 6.07) is 3.22. The molecule has 0 aliphatic rings. The van der Waals surface area contributed by atoms with Gasteiger partial charge < -0.3 is 5.11 Å². The molecule has 1 aromatic rings. The highest BCUT2D eigenvalue weighted by atomic mass is 35.5. The van der Waals surface area contributed by atoms with Crippen LogP contribution >= 0.6 is 11.6 Å². The molecule has 0 atom stereocenters. The lowest BCUT2D eigenvalue weighted by Gasteiger charge is -2.17. The summed E-state index contributed by atoms with van der Waals surface area (Å²) in [6.45, 7) is -0.209. The second-order valence-corrected chi connectivity index (χ2v) is 9.12. The fourth-order valence-electron chi connectivity index (χ4n) is 1.42. The molecule has 0 heterocycles. The number of carboxylic acids is 1. The molecule has 0 unspecified atom stereocenters. The molecule has 118 valence electrons. The van der Waals surface area contributed by atoms with Crippen LogP contribution in [0.1, 0.15) is 10.4 Å². The molecule has 1 aromatic carbocycles. The third-order valence-electron chi connectivity index (χ3n) is 2.66. The van der Waals surface area contributed by atoms with E-state index >= 15 is 0 Å². The molecular weight excluding hydrogens is 342 g/mol. The molecule has 1 rings (SSSR count). The summed E-state index contributed by atoms with van der Waals surface area (Å²) in [5.74, 6) is -1.58. The number of benzene rings is 1. The van der Waals surface area contributed by atoms with Gasteiger partial charge in [0.2, 0.25) is 10.0 Å². The quantitative estimate of drug-likeness (QED) is 0.804. The Kier molecular flexibility index (Phi) is 5.37. The molecule has 0 bridgehead atoms. The number of sulfone groups is 1. The summed E-state index contributed by atoms with van der Waals surface area (Å²) < 4.78 is 47.4. The molecule has 21 heavy (non-hydrogen) atoms. The zero-order valence-electron chi connectivity index (χ0n) is 11.3. The highest BCUT2D eigenvalue weighted by Crippen LogP contribution is 2.22. The first-order valence-electron chi connectivity index (χ1n) is 5.62. The lowest BCUT2D eigenvalue weighted by Crippen LogP contribution is -2.31. The van der Waals surface area contributed by atoms with E-state index in [1.807, 2.05) is 0 Å². The minimum atomic E-state index is -3.93. The van der Waals surface area contributed by atoms with Crippen molar-refractivity contribution >= 4 is 37.4 Å². The molecular formula is C11H14ClNO6S2. The van der Waals surface area contributed by atoms with Gasteiger partial charge in [-0.3, -0.25) is 0 Å². The van der Waals surface area contributed by atoms with Crippen molar-refractivity contribution in [2.45, 2.75) is 4.90 Å². The largest absolute Gasteiger partial charge is 0.478 e. The maximum atomic E-state index is 12.2. The fourth-order valence-corrected chi connectivity index (χ4v) is 3.67. The van der Waals surface area contributed by atoms with Gasteiger partial charge in [-0.1, -0.05) is 11.6 Å². The Bertz CT molecular complexity index is 757. The molecule has 0 saturated heterocycles. The number of nitrogens with zero attached hydrogens (tertiary/aromatic N) is 1. The Hall–Kier alpha value is -1.16. The van der Waals surface area contributed by atoms with Gasteiger partial charge in [-0.25, -0.2) is 21.6 Å². The van der Waals surface area contributed by atoms with Crippen LogP contribution in [0.25, 0.3) is 0 Å². The van der Waals surface area contributed by atoms with Crippen LogP contribution in [-0.2, 0) is 19.9 Å². The molecule has 10 heteroatoms. The van der Waals surface area contributed by atoms with Gasteiger partial charge in [0.25, 0.3) is 0 Å². The Morgan fingerprint density at radius 1 is 1.29 bits per heavy atom. The van der Waals surface area contributed by atoms with Crippen molar-refractivity contribution in [2.75, 3.05) is 25.6 Å². The Morgan fingerprint density at radius 2 is 1.86 bits per heavy atom. The Balaban J connectivity index is 3.08. The monoisotopic (exact) mass is 355 g/mol. The van der Waals surface area contributed by atoms with Gasteiger partial charge in [0, 0.05) is 19.8 Å².